The second-order valence-electron chi connectivity index (χ2n) is 2.41. The van der Waals surface area contributed by atoms with Crippen molar-refractivity contribution in [2.45, 2.75) is 0 Å². The van der Waals surface area contributed by atoms with Gasteiger partial charge in [0.2, 0.25) is 0 Å². The molecule has 2 rings (SSSR count). The highest BCUT2D eigenvalue weighted by atomic mass is 79.9. The molecule has 0 spiro atoms. The molecule has 0 aliphatic heterocycles. The maximum absolute atomic E-state index is 5.86. The van der Waals surface area contributed by atoms with E-state index in [0.29, 0.717) is 11.0 Å². The van der Waals surface area contributed by atoms with Crippen LogP contribution in [-0.2, 0) is 0 Å². The molecule has 0 radical (unpaired) electrons. The van der Waals surface area contributed by atoms with Gasteiger partial charge in [-0.25, -0.2) is 4.98 Å². The third kappa shape index (κ3) is 1.98. The van der Waals surface area contributed by atoms with Gasteiger partial charge < -0.3 is 10.7 Å². The number of nitrogens with one attached hydrogen (secondary N) is 1. The average molecular weight is 327 g/mol. The zero-order chi connectivity index (χ0) is 8.72. The van der Waals surface area contributed by atoms with Crippen LogP contribution in [0.4, 0.5) is 5.95 Å². The van der Waals surface area contributed by atoms with Gasteiger partial charge in [-0.05, 0) is 28.1 Å². The lowest BCUT2D eigenvalue weighted by Gasteiger charge is -1.93. The SMILES string of the molecule is Br.Nc1nc2cc(Br)c(Cl)cc2[nH]1. The molecular formula is C7H6Br2ClN3. The van der Waals surface area contributed by atoms with E-state index in [1.54, 1.807) is 6.07 Å². The number of fused-ring (bicyclic) bond motifs is 1. The van der Waals surface area contributed by atoms with E-state index < -0.39 is 0 Å². The summed E-state index contributed by atoms with van der Waals surface area (Å²) in [4.78, 5) is 6.94. The van der Waals surface area contributed by atoms with Crippen LogP contribution in [0.1, 0.15) is 0 Å². The number of nitrogens with two attached hydrogens (primary N) is 1. The highest BCUT2D eigenvalue weighted by Crippen LogP contribution is 2.27. The number of aromatic nitrogens is 2. The Bertz CT molecular complexity index is 401. The van der Waals surface area contributed by atoms with Gasteiger partial charge in [-0.15, -0.1) is 17.0 Å². The van der Waals surface area contributed by atoms with Crippen LogP contribution in [0.2, 0.25) is 5.02 Å². The number of halogens is 3. The normalized spacial score (nSPS) is 10.0. The number of hydrogen-bond acceptors (Lipinski definition) is 2. The monoisotopic (exact) mass is 325 g/mol. The minimum atomic E-state index is 0. The van der Waals surface area contributed by atoms with Crippen molar-refractivity contribution in [3.05, 3.63) is 21.6 Å². The first kappa shape index (κ1) is 10.8. The molecular weight excluding hydrogens is 321 g/mol. The van der Waals surface area contributed by atoms with Gasteiger partial charge in [-0.1, -0.05) is 11.6 Å². The molecule has 1 aromatic heterocycles. The molecule has 1 heterocycles. The molecule has 0 unspecified atom stereocenters. The first-order valence-electron chi connectivity index (χ1n) is 3.27. The van der Waals surface area contributed by atoms with Crippen molar-refractivity contribution in [2.24, 2.45) is 0 Å². The average Bonchev–Trinajstić information content (AvgIpc) is 2.30. The van der Waals surface area contributed by atoms with Gasteiger partial charge in [0.15, 0.2) is 5.95 Å². The number of nitrogen functional groups attached to an aromatic ring is 1. The summed E-state index contributed by atoms with van der Waals surface area (Å²) in [5.74, 6) is 0.402. The van der Waals surface area contributed by atoms with Crippen LogP contribution in [0.3, 0.4) is 0 Å². The van der Waals surface area contributed by atoms with E-state index in [4.69, 9.17) is 17.3 Å². The van der Waals surface area contributed by atoms with Crippen molar-refractivity contribution in [1.29, 1.82) is 0 Å². The van der Waals surface area contributed by atoms with Gasteiger partial charge in [-0.2, -0.15) is 0 Å². The summed E-state index contributed by atoms with van der Waals surface area (Å²) >= 11 is 9.16. The number of aromatic amines is 1. The minimum absolute atomic E-state index is 0. The van der Waals surface area contributed by atoms with Crippen LogP contribution in [0.5, 0.6) is 0 Å². The Morgan fingerprint density at radius 3 is 2.85 bits per heavy atom. The maximum Gasteiger partial charge on any atom is 0.198 e. The number of anilines is 1. The van der Waals surface area contributed by atoms with Crippen LogP contribution >= 0.6 is 44.5 Å². The second kappa shape index (κ2) is 3.86. The standard InChI is InChI=1S/C7H5BrClN3.BrH/c8-3-1-5-6(2-4(3)9)12-7(10)11-5;/h1-2H,(H3,10,11,12);1H. The molecule has 0 aliphatic rings. The first-order chi connectivity index (χ1) is 5.66. The van der Waals surface area contributed by atoms with Crippen molar-refractivity contribution >= 4 is 61.5 Å². The molecule has 1 aromatic carbocycles. The summed E-state index contributed by atoms with van der Waals surface area (Å²) in [6.07, 6.45) is 0. The fraction of sp³-hybridized carbons (Fsp3) is 0. The molecule has 0 fully saturated rings. The Morgan fingerprint density at radius 1 is 1.46 bits per heavy atom. The molecule has 6 heteroatoms. The molecule has 13 heavy (non-hydrogen) atoms. The van der Waals surface area contributed by atoms with Gasteiger partial charge in [0, 0.05) is 4.47 Å². The number of imidazole rings is 1. The second-order valence-corrected chi connectivity index (χ2v) is 3.67. The molecule has 0 atom stereocenters. The lowest BCUT2D eigenvalue weighted by molar-refractivity contribution is 1.35. The molecule has 2 aromatic rings. The fourth-order valence-corrected chi connectivity index (χ4v) is 1.52. The number of nitrogens with zero attached hydrogens (tertiary/aromatic N) is 1. The largest absolute Gasteiger partial charge is 0.369 e. The summed E-state index contributed by atoms with van der Waals surface area (Å²) in [5.41, 5.74) is 7.12. The highest BCUT2D eigenvalue weighted by molar-refractivity contribution is 9.10. The predicted molar refractivity (Wildman–Crippen MR) is 63.5 cm³/mol. The summed E-state index contributed by atoms with van der Waals surface area (Å²) in [6, 6.07) is 3.61. The smallest absolute Gasteiger partial charge is 0.198 e. The first-order valence-corrected chi connectivity index (χ1v) is 4.44. The van der Waals surface area contributed by atoms with Gasteiger partial charge in [0.05, 0.1) is 16.1 Å². The van der Waals surface area contributed by atoms with Gasteiger partial charge in [0.25, 0.3) is 0 Å². The Hall–Kier alpha value is -0.260. The number of H-pyrrole nitrogens is 1. The number of hydrogen-bond donors (Lipinski definition) is 2. The van der Waals surface area contributed by atoms with Crippen LogP contribution in [-0.4, -0.2) is 9.97 Å². The third-order valence-corrected chi connectivity index (χ3v) is 2.74. The molecule has 70 valence electrons. The summed E-state index contributed by atoms with van der Waals surface area (Å²) in [5, 5.41) is 0.645. The summed E-state index contributed by atoms with van der Waals surface area (Å²) < 4.78 is 0.822. The van der Waals surface area contributed by atoms with Crippen LogP contribution in [0.15, 0.2) is 16.6 Å². The Labute approximate surface area is 98.6 Å². The summed E-state index contributed by atoms with van der Waals surface area (Å²) in [6.45, 7) is 0. The van der Waals surface area contributed by atoms with Crippen molar-refractivity contribution in [1.82, 2.24) is 9.97 Å². The number of rotatable bonds is 0. The topological polar surface area (TPSA) is 54.7 Å². The molecule has 3 N–H and O–H groups in total. The van der Waals surface area contributed by atoms with Gasteiger partial charge >= 0.3 is 0 Å². The molecule has 0 bridgehead atoms. The van der Waals surface area contributed by atoms with E-state index in [9.17, 15) is 0 Å². The molecule has 0 saturated carbocycles. The van der Waals surface area contributed by atoms with E-state index in [0.717, 1.165) is 15.5 Å². The van der Waals surface area contributed by atoms with Gasteiger partial charge in [0.1, 0.15) is 0 Å². The van der Waals surface area contributed by atoms with Crippen molar-refractivity contribution in [3.8, 4) is 0 Å². The minimum Gasteiger partial charge on any atom is -0.369 e. The van der Waals surface area contributed by atoms with Crippen molar-refractivity contribution < 1.29 is 0 Å². The van der Waals surface area contributed by atoms with E-state index in [1.807, 2.05) is 6.07 Å². The van der Waals surface area contributed by atoms with Crippen LogP contribution in [0.25, 0.3) is 11.0 Å². The molecule has 0 aliphatic carbocycles. The zero-order valence-corrected chi connectivity index (χ0v) is 10.4. The van der Waals surface area contributed by atoms with Crippen LogP contribution in [0, 0.1) is 0 Å². The fourth-order valence-electron chi connectivity index (χ4n) is 1.02. The third-order valence-electron chi connectivity index (χ3n) is 1.54. The van der Waals surface area contributed by atoms with E-state index >= 15 is 0 Å². The number of benzene rings is 1. The van der Waals surface area contributed by atoms with Crippen molar-refractivity contribution in [2.75, 3.05) is 5.73 Å². The van der Waals surface area contributed by atoms with Crippen LogP contribution < -0.4 is 5.73 Å². The van der Waals surface area contributed by atoms with E-state index in [2.05, 4.69) is 25.9 Å². The van der Waals surface area contributed by atoms with Gasteiger partial charge in [-0.3, -0.25) is 0 Å². The summed E-state index contributed by atoms with van der Waals surface area (Å²) in [7, 11) is 0. The quantitative estimate of drug-likeness (QED) is 0.781. The molecule has 0 saturated heterocycles. The lowest BCUT2D eigenvalue weighted by Crippen LogP contribution is -1.84. The molecule has 3 nitrogen and oxygen atoms in total. The molecule has 0 amide bonds. The van der Waals surface area contributed by atoms with E-state index in [1.165, 1.54) is 0 Å². The zero-order valence-electron chi connectivity index (χ0n) is 6.34. The highest BCUT2D eigenvalue weighted by Gasteiger charge is 2.03. The Kier molecular flexibility index (Phi) is 3.21. The van der Waals surface area contributed by atoms with Crippen molar-refractivity contribution in [3.63, 3.8) is 0 Å². The van der Waals surface area contributed by atoms with E-state index in [-0.39, 0.29) is 17.0 Å². The predicted octanol–water partition coefficient (Wildman–Crippen LogP) is 3.14. The Balaban J connectivity index is 0.000000845. The Morgan fingerprint density at radius 2 is 2.15 bits per heavy atom. The lowest BCUT2D eigenvalue weighted by atomic mass is 10.3. The maximum atomic E-state index is 5.86.